The molecule has 0 aliphatic carbocycles. The molecule has 0 saturated carbocycles. The number of nitrogens with one attached hydrogen (secondary N) is 1. The first kappa shape index (κ1) is 15.6. The van der Waals surface area contributed by atoms with Gasteiger partial charge in [0, 0.05) is 5.69 Å². The maximum atomic E-state index is 12.0. The SMILES string of the molecule is COC(=O)c1ccc(O[C@@H](C)C(=O)Nc2ccccc2)cc1. The number of ether oxygens (including phenoxy) is 2. The van der Waals surface area contributed by atoms with Crippen molar-refractivity contribution < 1.29 is 19.1 Å². The Hall–Kier alpha value is -2.82. The van der Waals surface area contributed by atoms with Crippen LogP contribution in [0.15, 0.2) is 54.6 Å². The third-order valence-electron chi connectivity index (χ3n) is 3.00. The number of para-hydroxylation sites is 1. The molecular weight excluding hydrogens is 282 g/mol. The van der Waals surface area contributed by atoms with Gasteiger partial charge in [-0.1, -0.05) is 18.2 Å². The van der Waals surface area contributed by atoms with E-state index in [1.165, 1.54) is 7.11 Å². The van der Waals surface area contributed by atoms with E-state index < -0.39 is 12.1 Å². The molecule has 2 aromatic rings. The molecule has 5 heteroatoms. The van der Waals surface area contributed by atoms with Crippen molar-refractivity contribution in [3.8, 4) is 5.75 Å². The van der Waals surface area contributed by atoms with Gasteiger partial charge in [-0.05, 0) is 43.3 Å². The molecule has 0 spiro atoms. The van der Waals surface area contributed by atoms with Gasteiger partial charge in [0.05, 0.1) is 12.7 Å². The maximum absolute atomic E-state index is 12.0. The Kier molecular flexibility index (Phi) is 5.14. The van der Waals surface area contributed by atoms with Crippen molar-refractivity contribution in [2.75, 3.05) is 12.4 Å². The number of carbonyl (C=O) groups is 2. The quantitative estimate of drug-likeness (QED) is 0.862. The van der Waals surface area contributed by atoms with Gasteiger partial charge >= 0.3 is 5.97 Å². The number of benzene rings is 2. The molecule has 0 unspecified atom stereocenters. The largest absolute Gasteiger partial charge is 0.481 e. The molecule has 22 heavy (non-hydrogen) atoms. The lowest BCUT2D eigenvalue weighted by molar-refractivity contribution is -0.122. The number of anilines is 1. The molecule has 2 aromatic carbocycles. The van der Waals surface area contributed by atoms with Gasteiger partial charge in [-0.2, -0.15) is 0 Å². The minimum atomic E-state index is -0.663. The predicted molar refractivity (Wildman–Crippen MR) is 82.9 cm³/mol. The lowest BCUT2D eigenvalue weighted by atomic mass is 10.2. The summed E-state index contributed by atoms with van der Waals surface area (Å²) in [6, 6.07) is 15.6. The van der Waals surface area contributed by atoms with Crippen molar-refractivity contribution in [2.24, 2.45) is 0 Å². The molecule has 0 radical (unpaired) electrons. The number of amides is 1. The van der Waals surface area contributed by atoms with Crippen LogP contribution in [0.25, 0.3) is 0 Å². The Morgan fingerprint density at radius 1 is 1.00 bits per heavy atom. The highest BCUT2D eigenvalue weighted by Gasteiger charge is 2.15. The van der Waals surface area contributed by atoms with E-state index in [0.29, 0.717) is 17.0 Å². The van der Waals surface area contributed by atoms with Crippen LogP contribution in [0.2, 0.25) is 0 Å². The van der Waals surface area contributed by atoms with Gasteiger partial charge in [-0.15, -0.1) is 0 Å². The van der Waals surface area contributed by atoms with Gasteiger partial charge in [-0.25, -0.2) is 4.79 Å². The minimum Gasteiger partial charge on any atom is -0.481 e. The van der Waals surface area contributed by atoms with Crippen LogP contribution < -0.4 is 10.1 Å². The fourth-order valence-electron chi connectivity index (χ4n) is 1.81. The molecule has 0 saturated heterocycles. The fourth-order valence-corrected chi connectivity index (χ4v) is 1.81. The topological polar surface area (TPSA) is 64.6 Å². The molecular formula is C17H17NO4. The van der Waals surface area contributed by atoms with Crippen molar-refractivity contribution in [1.82, 2.24) is 0 Å². The van der Waals surface area contributed by atoms with Crippen molar-refractivity contribution in [1.29, 1.82) is 0 Å². The van der Waals surface area contributed by atoms with Gasteiger partial charge < -0.3 is 14.8 Å². The van der Waals surface area contributed by atoms with Gasteiger partial charge in [-0.3, -0.25) is 4.79 Å². The number of carbonyl (C=O) groups excluding carboxylic acids is 2. The summed E-state index contributed by atoms with van der Waals surface area (Å²) in [6.45, 7) is 1.66. The highest BCUT2D eigenvalue weighted by atomic mass is 16.5. The maximum Gasteiger partial charge on any atom is 0.337 e. The number of methoxy groups -OCH3 is 1. The molecule has 114 valence electrons. The Labute approximate surface area is 128 Å². The first-order valence-electron chi connectivity index (χ1n) is 6.81. The van der Waals surface area contributed by atoms with Crippen molar-refractivity contribution >= 4 is 17.6 Å². The Balaban J connectivity index is 1.95. The summed E-state index contributed by atoms with van der Waals surface area (Å²) in [6.07, 6.45) is -0.663. The second kappa shape index (κ2) is 7.26. The van der Waals surface area contributed by atoms with Crippen molar-refractivity contribution in [3.05, 3.63) is 60.2 Å². The Morgan fingerprint density at radius 3 is 2.23 bits per heavy atom. The molecule has 1 atom stereocenters. The predicted octanol–water partition coefficient (Wildman–Crippen LogP) is 2.88. The van der Waals surface area contributed by atoms with E-state index in [1.54, 1.807) is 43.3 Å². The summed E-state index contributed by atoms with van der Waals surface area (Å²) >= 11 is 0. The third-order valence-corrected chi connectivity index (χ3v) is 3.00. The zero-order chi connectivity index (χ0) is 15.9. The highest BCUT2D eigenvalue weighted by Crippen LogP contribution is 2.15. The van der Waals surface area contributed by atoms with Crippen LogP contribution in [0.4, 0.5) is 5.69 Å². The monoisotopic (exact) mass is 299 g/mol. The van der Waals surface area contributed by atoms with E-state index in [0.717, 1.165) is 0 Å². The Bertz CT molecular complexity index is 637. The highest BCUT2D eigenvalue weighted by molar-refractivity contribution is 5.94. The van der Waals surface area contributed by atoms with Crippen LogP contribution in [-0.4, -0.2) is 25.1 Å². The lowest BCUT2D eigenvalue weighted by Crippen LogP contribution is -2.30. The van der Waals surface area contributed by atoms with E-state index in [-0.39, 0.29) is 5.91 Å². The first-order chi connectivity index (χ1) is 10.6. The summed E-state index contributed by atoms with van der Waals surface area (Å²) < 4.78 is 10.2. The lowest BCUT2D eigenvalue weighted by Gasteiger charge is -2.15. The summed E-state index contributed by atoms with van der Waals surface area (Å²) in [5.41, 5.74) is 1.14. The number of rotatable bonds is 5. The summed E-state index contributed by atoms with van der Waals surface area (Å²) in [7, 11) is 1.32. The number of hydrogen-bond acceptors (Lipinski definition) is 4. The van der Waals surface area contributed by atoms with E-state index in [1.807, 2.05) is 18.2 Å². The van der Waals surface area contributed by atoms with Gasteiger partial charge in [0.15, 0.2) is 6.10 Å². The van der Waals surface area contributed by atoms with Crippen LogP contribution in [0.5, 0.6) is 5.75 Å². The van der Waals surface area contributed by atoms with Gasteiger partial charge in [0.25, 0.3) is 5.91 Å². The minimum absolute atomic E-state index is 0.247. The average molecular weight is 299 g/mol. The average Bonchev–Trinajstić information content (AvgIpc) is 2.55. The molecule has 0 bridgehead atoms. The summed E-state index contributed by atoms with van der Waals surface area (Å²) in [5, 5.41) is 2.76. The van der Waals surface area contributed by atoms with E-state index in [9.17, 15) is 9.59 Å². The van der Waals surface area contributed by atoms with Crippen molar-refractivity contribution in [3.63, 3.8) is 0 Å². The molecule has 1 N–H and O–H groups in total. The standard InChI is InChI=1S/C17H17NO4/c1-12(16(19)18-14-6-4-3-5-7-14)22-15-10-8-13(9-11-15)17(20)21-2/h3-12H,1-2H3,(H,18,19)/t12-/m0/s1. The molecule has 0 aliphatic heterocycles. The van der Waals surface area contributed by atoms with Crippen LogP contribution in [0.3, 0.4) is 0 Å². The summed E-state index contributed by atoms with van der Waals surface area (Å²) in [5.74, 6) is -0.159. The van der Waals surface area contributed by atoms with Crippen molar-refractivity contribution in [2.45, 2.75) is 13.0 Å². The van der Waals surface area contributed by atoms with E-state index >= 15 is 0 Å². The molecule has 5 nitrogen and oxygen atoms in total. The van der Waals surface area contributed by atoms with Gasteiger partial charge in [0.1, 0.15) is 5.75 Å². The number of hydrogen-bond donors (Lipinski definition) is 1. The van der Waals surface area contributed by atoms with Gasteiger partial charge in [0.2, 0.25) is 0 Å². The van der Waals surface area contributed by atoms with E-state index in [2.05, 4.69) is 10.1 Å². The normalized spacial score (nSPS) is 11.4. The van der Waals surface area contributed by atoms with Crippen LogP contribution in [-0.2, 0) is 9.53 Å². The zero-order valence-corrected chi connectivity index (χ0v) is 12.4. The van der Waals surface area contributed by atoms with Crippen LogP contribution >= 0.6 is 0 Å². The fraction of sp³-hybridized carbons (Fsp3) is 0.176. The van der Waals surface area contributed by atoms with Crippen LogP contribution in [0.1, 0.15) is 17.3 Å². The Morgan fingerprint density at radius 2 is 1.64 bits per heavy atom. The smallest absolute Gasteiger partial charge is 0.337 e. The van der Waals surface area contributed by atoms with Crippen LogP contribution in [0, 0.1) is 0 Å². The molecule has 1 amide bonds. The third kappa shape index (κ3) is 4.09. The second-order valence-electron chi connectivity index (χ2n) is 4.63. The molecule has 2 rings (SSSR count). The van der Waals surface area contributed by atoms with E-state index in [4.69, 9.17) is 4.74 Å². The number of esters is 1. The summed E-state index contributed by atoms with van der Waals surface area (Å²) in [4.78, 5) is 23.4. The zero-order valence-electron chi connectivity index (χ0n) is 12.4. The first-order valence-corrected chi connectivity index (χ1v) is 6.81. The molecule has 0 aromatic heterocycles. The second-order valence-corrected chi connectivity index (χ2v) is 4.63. The molecule has 0 fully saturated rings. The molecule has 0 aliphatic rings. The molecule has 0 heterocycles.